The number of hydrogen-bond donors (Lipinski definition) is 2. The van der Waals surface area contributed by atoms with Crippen LogP contribution < -0.4 is 10.2 Å². The molecule has 1 aromatic rings. The third-order valence-electron chi connectivity index (χ3n) is 3.77. The molecule has 0 spiro atoms. The summed E-state index contributed by atoms with van der Waals surface area (Å²) in [5, 5.41) is 12.4. The van der Waals surface area contributed by atoms with E-state index < -0.39 is 0 Å². The van der Waals surface area contributed by atoms with Gasteiger partial charge in [0.25, 0.3) is 0 Å². The van der Waals surface area contributed by atoms with Crippen LogP contribution in [0.15, 0.2) is 22.8 Å². The van der Waals surface area contributed by atoms with E-state index in [9.17, 15) is 0 Å². The molecule has 2 N–H and O–H groups in total. The minimum absolute atomic E-state index is 0.300. The zero-order valence-corrected chi connectivity index (χ0v) is 13.5. The lowest BCUT2D eigenvalue weighted by Gasteiger charge is -2.22. The van der Waals surface area contributed by atoms with E-state index in [-0.39, 0.29) is 0 Å². The van der Waals surface area contributed by atoms with E-state index >= 15 is 0 Å². The van der Waals surface area contributed by atoms with Gasteiger partial charge in [-0.2, -0.15) is 0 Å². The third kappa shape index (κ3) is 5.04. The van der Waals surface area contributed by atoms with E-state index in [0.717, 1.165) is 49.3 Å². The zero-order valence-electron chi connectivity index (χ0n) is 11.9. The van der Waals surface area contributed by atoms with Crippen LogP contribution in [-0.4, -0.2) is 42.4 Å². The van der Waals surface area contributed by atoms with Crippen LogP contribution in [0, 0.1) is 0 Å². The molecule has 0 bridgehead atoms. The number of nitrogens with one attached hydrogen (secondary N) is 1. The fourth-order valence-corrected chi connectivity index (χ4v) is 2.98. The molecule has 112 valence electrons. The van der Waals surface area contributed by atoms with E-state index in [1.807, 2.05) is 12.1 Å². The second kappa shape index (κ2) is 8.60. The molecule has 1 saturated heterocycles. The molecular formula is C15H24BrN3O. The van der Waals surface area contributed by atoms with Gasteiger partial charge in [-0.1, -0.05) is 6.07 Å². The van der Waals surface area contributed by atoms with E-state index in [0.29, 0.717) is 12.6 Å². The average molecular weight is 342 g/mol. The molecule has 1 aliphatic rings. The Hall–Kier alpha value is -0.650. The van der Waals surface area contributed by atoms with Gasteiger partial charge >= 0.3 is 0 Å². The second-order valence-electron chi connectivity index (χ2n) is 5.32. The molecule has 1 aromatic heterocycles. The summed E-state index contributed by atoms with van der Waals surface area (Å²) in [4.78, 5) is 6.92. The summed E-state index contributed by atoms with van der Waals surface area (Å²) in [5.41, 5.74) is 0. The summed E-state index contributed by atoms with van der Waals surface area (Å²) in [7, 11) is 0. The Balaban J connectivity index is 1.80. The maximum Gasteiger partial charge on any atom is 0.129 e. The monoisotopic (exact) mass is 341 g/mol. The number of unbranched alkanes of at least 4 members (excludes halogenated alkanes) is 1. The molecule has 0 aliphatic carbocycles. The first kappa shape index (κ1) is 15.7. The molecule has 2 heterocycles. The molecule has 0 radical (unpaired) electrons. The number of pyridine rings is 1. The summed E-state index contributed by atoms with van der Waals surface area (Å²) in [6, 6.07) is 6.69. The topological polar surface area (TPSA) is 48.4 Å². The zero-order chi connectivity index (χ0) is 14.2. The molecule has 4 nitrogen and oxygen atoms in total. The Kier molecular flexibility index (Phi) is 6.76. The van der Waals surface area contributed by atoms with Crippen molar-refractivity contribution in [1.29, 1.82) is 0 Å². The van der Waals surface area contributed by atoms with Crippen molar-refractivity contribution in [2.24, 2.45) is 0 Å². The predicted octanol–water partition coefficient (Wildman–Crippen LogP) is 2.57. The molecule has 2 rings (SSSR count). The Bertz CT molecular complexity index is 402. The minimum atomic E-state index is 0.300. The van der Waals surface area contributed by atoms with Crippen molar-refractivity contribution in [3.8, 4) is 0 Å². The van der Waals surface area contributed by atoms with Gasteiger partial charge in [0.15, 0.2) is 0 Å². The lowest BCUT2D eigenvalue weighted by molar-refractivity contribution is 0.282. The van der Waals surface area contributed by atoms with Crippen LogP contribution in [0.4, 0.5) is 5.82 Å². The Labute approximate surface area is 129 Å². The van der Waals surface area contributed by atoms with Gasteiger partial charge in [-0.3, -0.25) is 0 Å². The lowest BCUT2D eigenvalue weighted by atomic mass is 10.1. The molecule has 1 fully saturated rings. The molecule has 1 aliphatic heterocycles. The van der Waals surface area contributed by atoms with Crippen LogP contribution in [-0.2, 0) is 0 Å². The van der Waals surface area contributed by atoms with Gasteiger partial charge in [-0.25, -0.2) is 4.98 Å². The third-order valence-corrected chi connectivity index (χ3v) is 4.21. The maximum atomic E-state index is 8.79. The Morgan fingerprint density at radius 3 is 3.00 bits per heavy atom. The molecule has 1 atom stereocenters. The molecule has 0 amide bonds. The molecule has 0 saturated carbocycles. The quantitative estimate of drug-likeness (QED) is 0.616. The number of aliphatic hydroxyl groups excluding tert-OH is 1. The molecule has 20 heavy (non-hydrogen) atoms. The highest BCUT2D eigenvalue weighted by Gasteiger charge is 2.17. The molecule has 5 heteroatoms. The predicted molar refractivity (Wildman–Crippen MR) is 86.1 cm³/mol. The van der Waals surface area contributed by atoms with Gasteiger partial charge in [-0.15, -0.1) is 0 Å². The summed E-state index contributed by atoms with van der Waals surface area (Å²) in [6.45, 7) is 3.45. The number of rotatable bonds is 6. The number of aliphatic hydroxyl groups is 1. The highest BCUT2D eigenvalue weighted by molar-refractivity contribution is 9.10. The summed E-state index contributed by atoms with van der Waals surface area (Å²) in [6.07, 6.45) is 5.54. The second-order valence-corrected chi connectivity index (χ2v) is 6.13. The fraction of sp³-hybridized carbons (Fsp3) is 0.667. The Morgan fingerprint density at radius 1 is 1.30 bits per heavy atom. The van der Waals surface area contributed by atoms with Crippen molar-refractivity contribution in [2.75, 3.05) is 31.1 Å². The highest BCUT2D eigenvalue weighted by atomic mass is 79.9. The summed E-state index contributed by atoms with van der Waals surface area (Å²) < 4.78 is 0.901. The van der Waals surface area contributed by atoms with Gasteiger partial charge in [0.2, 0.25) is 0 Å². The summed E-state index contributed by atoms with van der Waals surface area (Å²) in [5.74, 6) is 1.07. The largest absolute Gasteiger partial charge is 0.396 e. The highest BCUT2D eigenvalue weighted by Crippen LogP contribution is 2.19. The number of hydrogen-bond acceptors (Lipinski definition) is 4. The smallest absolute Gasteiger partial charge is 0.129 e. The van der Waals surface area contributed by atoms with E-state index in [2.05, 4.69) is 37.2 Å². The van der Waals surface area contributed by atoms with Crippen molar-refractivity contribution < 1.29 is 5.11 Å². The standard InChI is InChI=1S/C15H24BrN3O/c16-14-6-3-7-15(18-14)19-10-4-5-13(8-11-19)17-9-1-2-12-20/h3,6-7,13,17,20H,1-2,4-5,8-12H2/t13-/m0/s1. The van der Waals surface area contributed by atoms with Crippen molar-refractivity contribution in [1.82, 2.24) is 10.3 Å². The van der Waals surface area contributed by atoms with Gasteiger partial charge in [0.1, 0.15) is 10.4 Å². The van der Waals surface area contributed by atoms with Crippen LogP contribution >= 0.6 is 15.9 Å². The fourth-order valence-electron chi connectivity index (χ4n) is 2.65. The first-order valence-corrected chi connectivity index (χ1v) is 8.30. The Morgan fingerprint density at radius 2 is 2.20 bits per heavy atom. The maximum absolute atomic E-state index is 8.79. The van der Waals surface area contributed by atoms with Gasteiger partial charge < -0.3 is 15.3 Å². The number of nitrogens with zero attached hydrogens (tertiary/aromatic N) is 2. The van der Waals surface area contributed by atoms with Crippen LogP contribution in [0.3, 0.4) is 0 Å². The van der Waals surface area contributed by atoms with Crippen LogP contribution in [0.2, 0.25) is 0 Å². The number of halogens is 1. The first-order chi connectivity index (χ1) is 9.79. The summed E-state index contributed by atoms with van der Waals surface area (Å²) >= 11 is 3.44. The normalized spacial score (nSPS) is 19.9. The first-order valence-electron chi connectivity index (χ1n) is 7.51. The van der Waals surface area contributed by atoms with Crippen molar-refractivity contribution in [3.63, 3.8) is 0 Å². The van der Waals surface area contributed by atoms with Crippen molar-refractivity contribution >= 4 is 21.7 Å². The SMILES string of the molecule is OCCCCN[C@H]1CCCN(c2cccc(Br)n2)CC1. The van der Waals surface area contributed by atoms with Crippen molar-refractivity contribution in [3.05, 3.63) is 22.8 Å². The van der Waals surface area contributed by atoms with Crippen molar-refractivity contribution in [2.45, 2.75) is 38.1 Å². The molecule has 0 aromatic carbocycles. The minimum Gasteiger partial charge on any atom is -0.396 e. The number of aromatic nitrogens is 1. The van der Waals surface area contributed by atoms with E-state index in [1.165, 1.54) is 12.8 Å². The van der Waals surface area contributed by atoms with Gasteiger partial charge in [0.05, 0.1) is 0 Å². The van der Waals surface area contributed by atoms with Gasteiger partial charge in [0, 0.05) is 25.7 Å². The van der Waals surface area contributed by atoms with Crippen LogP contribution in [0.25, 0.3) is 0 Å². The molecular weight excluding hydrogens is 318 g/mol. The van der Waals surface area contributed by atoms with Crippen LogP contribution in [0.1, 0.15) is 32.1 Å². The molecule has 0 unspecified atom stereocenters. The van der Waals surface area contributed by atoms with Crippen LogP contribution in [0.5, 0.6) is 0 Å². The lowest BCUT2D eigenvalue weighted by Crippen LogP contribution is -2.32. The van der Waals surface area contributed by atoms with Gasteiger partial charge in [-0.05, 0) is 66.7 Å². The number of anilines is 1. The average Bonchev–Trinajstić information content (AvgIpc) is 2.69. The van der Waals surface area contributed by atoms with E-state index in [4.69, 9.17) is 5.11 Å². The van der Waals surface area contributed by atoms with E-state index in [1.54, 1.807) is 0 Å².